The monoisotopic (exact) mass is 309 g/mol. The molecule has 0 saturated carbocycles. The molecule has 0 aliphatic heterocycles. The van der Waals surface area contributed by atoms with E-state index in [1.165, 1.54) is 0 Å². The normalized spacial score (nSPS) is 10.3. The van der Waals surface area contributed by atoms with Gasteiger partial charge in [-0.25, -0.2) is 0 Å². The van der Waals surface area contributed by atoms with E-state index in [0.717, 1.165) is 12.8 Å². The molecule has 0 aliphatic rings. The average molecular weight is 309 g/mol. The zero-order valence-corrected chi connectivity index (χ0v) is 12.3. The molecule has 0 saturated heterocycles. The van der Waals surface area contributed by atoms with Crippen molar-refractivity contribution in [2.45, 2.75) is 45.1 Å². The predicted octanol–water partition coefficient (Wildman–Crippen LogP) is -0.572. The van der Waals surface area contributed by atoms with Gasteiger partial charge in [0.25, 0.3) is 0 Å². The number of aliphatic carboxylic acids is 3. The quantitative estimate of drug-likeness (QED) is 0.340. The van der Waals surface area contributed by atoms with Crippen molar-refractivity contribution in [1.29, 1.82) is 0 Å². The molecule has 0 spiro atoms. The highest BCUT2D eigenvalue weighted by atomic mass is 16.4. The first kappa shape index (κ1) is 24.3. The van der Waals surface area contributed by atoms with E-state index in [2.05, 4.69) is 0 Å². The third-order valence-corrected chi connectivity index (χ3v) is 1.90. The van der Waals surface area contributed by atoms with E-state index in [1.54, 1.807) is 0 Å². The Hall–Kier alpha value is -1.71. The fraction of sp³-hybridized carbons (Fsp3) is 0.750. The molecule has 0 amide bonds. The van der Waals surface area contributed by atoms with E-state index >= 15 is 0 Å². The van der Waals surface area contributed by atoms with E-state index in [1.807, 2.05) is 6.92 Å². The molecule has 0 aromatic rings. The molecule has 9 N–H and O–H groups in total. The topological polar surface area (TPSA) is 190 Å². The van der Waals surface area contributed by atoms with Gasteiger partial charge in [0.1, 0.15) is 6.04 Å². The minimum atomic E-state index is -0.900. The van der Waals surface area contributed by atoms with Gasteiger partial charge in [0.15, 0.2) is 0 Å². The minimum Gasteiger partial charge on any atom is -0.481 e. The lowest BCUT2D eigenvalue weighted by molar-refractivity contribution is -0.139. The largest absolute Gasteiger partial charge is 0.481 e. The molecule has 0 rings (SSSR count). The van der Waals surface area contributed by atoms with Crippen molar-refractivity contribution in [2.75, 3.05) is 13.1 Å². The van der Waals surface area contributed by atoms with Crippen LogP contribution in [0.3, 0.4) is 0 Å². The fourth-order valence-corrected chi connectivity index (χ4v) is 0.794. The van der Waals surface area contributed by atoms with Gasteiger partial charge in [0, 0.05) is 13.1 Å². The Balaban J connectivity index is -0.000000240. The summed E-state index contributed by atoms with van der Waals surface area (Å²) in [6.45, 7) is 2.47. The van der Waals surface area contributed by atoms with Crippen LogP contribution in [-0.2, 0) is 14.4 Å². The van der Waals surface area contributed by atoms with Crippen LogP contribution in [0.2, 0.25) is 0 Å². The van der Waals surface area contributed by atoms with Gasteiger partial charge >= 0.3 is 17.9 Å². The molecule has 126 valence electrons. The lowest BCUT2D eigenvalue weighted by atomic mass is 10.1. The zero-order valence-electron chi connectivity index (χ0n) is 12.3. The maximum absolute atomic E-state index is 10.1. The summed E-state index contributed by atoms with van der Waals surface area (Å²) in [7, 11) is 0. The molecule has 21 heavy (non-hydrogen) atoms. The maximum atomic E-state index is 10.1. The Kier molecular flexibility index (Phi) is 21.2. The second-order valence-electron chi connectivity index (χ2n) is 3.95. The molecule has 0 heterocycles. The second-order valence-corrected chi connectivity index (χ2v) is 3.95. The van der Waals surface area contributed by atoms with Gasteiger partial charge in [0.05, 0.1) is 12.8 Å². The number of rotatable bonds is 8. The number of carboxylic acids is 3. The summed E-state index contributed by atoms with van der Waals surface area (Å²) in [5.41, 5.74) is 14.9. The van der Waals surface area contributed by atoms with Crippen LogP contribution in [0.1, 0.15) is 39.0 Å². The molecule has 0 aromatic heterocycles. The molecule has 0 fully saturated rings. The standard InChI is InChI=1S/C6H13NO2.2C3H7NO2/c1-2-3-4-5(7)6(8)9;2*4-2-1-3(5)6/h5H,2-4,7H2,1H3,(H,8,9);2*1-2,4H2,(H,5,6). The first-order valence-corrected chi connectivity index (χ1v) is 6.54. The molecule has 0 aliphatic carbocycles. The Labute approximate surface area is 124 Å². The molecule has 1 unspecified atom stereocenters. The highest BCUT2D eigenvalue weighted by Gasteiger charge is 2.08. The molecule has 0 aromatic carbocycles. The van der Waals surface area contributed by atoms with Crippen molar-refractivity contribution < 1.29 is 29.7 Å². The highest BCUT2D eigenvalue weighted by Crippen LogP contribution is 1.96. The van der Waals surface area contributed by atoms with Gasteiger partial charge in [0.2, 0.25) is 0 Å². The molecule has 9 nitrogen and oxygen atoms in total. The van der Waals surface area contributed by atoms with Crippen molar-refractivity contribution in [3.05, 3.63) is 0 Å². The first-order chi connectivity index (χ1) is 9.72. The third-order valence-electron chi connectivity index (χ3n) is 1.90. The minimum absolute atomic E-state index is 0.0694. The van der Waals surface area contributed by atoms with Crippen LogP contribution in [0.15, 0.2) is 0 Å². The van der Waals surface area contributed by atoms with Crippen LogP contribution < -0.4 is 17.2 Å². The van der Waals surface area contributed by atoms with Crippen LogP contribution in [0.5, 0.6) is 0 Å². The Morgan fingerprint density at radius 2 is 1.33 bits per heavy atom. The summed E-state index contributed by atoms with van der Waals surface area (Å²) in [4.78, 5) is 29.1. The molecule has 1 atom stereocenters. The summed E-state index contributed by atoms with van der Waals surface area (Å²) in [5.74, 6) is -2.57. The van der Waals surface area contributed by atoms with Gasteiger partial charge in [-0.15, -0.1) is 0 Å². The molecule has 0 bridgehead atoms. The van der Waals surface area contributed by atoms with E-state index in [-0.39, 0.29) is 25.9 Å². The Morgan fingerprint density at radius 1 is 0.952 bits per heavy atom. The van der Waals surface area contributed by atoms with Gasteiger partial charge in [-0.2, -0.15) is 0 Å². The Bertz CT molecular complexity index is 270. The number of hydrogen-bond acceptors (Lipinski definition) is 6. The van der Waals surface area contributed by atoms with E-state index < -0.39 is 23.9 Å². The number of nitrogens with two attached hydrogens (primary N) is 3. The van der Waals surface area contributed by atoms with Crippen LogP contribution in [-0.4, -0.2) is 52.4 Å². The smallest absolute Gasteiger partial charge is 0.320 e. The predicted molar refractivity (Wildman–Crippen MR) is 77.8 cm³/mol. The first-order valence-electron chi connectivity index (χ1n) is 6.54. The van der Waals surface area contributed by atoms with Crippen LogP contribution in [0, 0.1) is 0 Å². The van der Waals surface area contributed by atoms with Crippen molar-refractivity contribution in [3.8, 4) is 0 Å². The van der Waals surface area contributed by atoms with Crippen molar-refractivity contribution in [1.82, 2.24) is 0 Å². The second kappa shape index (κ2) is 18.3. The fourth-order valence-electron chi connectivity index (χ4n) is 0.794. The molecular formula is C12H27N3O6. The number of carbonyl (C=O) groups is 3. The number of unbranched alkanes of at least 4 members (excludes halogenated alkanes) is 1. The third kappa shape index (κ3) is 32.1. The van der Waals surface area contributed by atoms with Gasteiger partial charge in [-0.3, -0.25) is 14.4 Å². The Morgan fingerprint density at radius 3 is 1.48 bits per heavy atom. The van der Waals surface area contributed by atoms with Crippen LogP contribution >= 0.6 is 0 Å². The van der Waals surface area contributed by atoms with Crippen LogP contribution in [0.25, 0.3) is 0 Å². The van der Waals surface area contributed by atoms with Gasteiger partial charge < -0.3 is 32.5 Å². The zero-order chi connectivity index (χ0) is 17.3. The summed E-state index contributed by atoms with van der Waals surface area (Å²) in [5, 5.41) is 24.0. The van der Waals surface area contributed by atoms with Crippen LogP contribution in [0.4, 0.5) is 0 Å². The summed E-state index contributed by atoms with van der Waals surface area (Å²) >= 11 is 0. The average Bonchev–Trinajstić information content (AvgIpc) is 2.36. The van der Waals surface area contributed by atoms with Gasteiger partial charge in [-0.1, -0.05) is 19.8 Å². The number of hydrogen-bond donors (Lipinski definition) is 6. The van der Waals surface area contributed by atoms with E-state index in [4.69, 9.17) is 32.5 Å². The van der Waals surface area contributed by atoms with E-state index in [9.17, 15) is 14.4 Å². The summed E-state index contributed by atoms with van der Waals surface area (Å²) < 4.78 is 0. The lowest BCUT2D eigenvalue weighted by Crippen LogP contribution is -2.29. The highest BCUT2D eigenvalue weighted by molar-refractivity contribution is 5.72. The molecule has 9 heteroatoms. The van der Waals surface area contributed by atoms with Crippen molar-refractivity contribution in [2.24, 2.45) is 17.2 Å². The van der Waals surface area contributed by atoms with E-state index in [0.29, 0.717) is 6.42 Å². The SMILES string of the molecule is CCCCC(N)C(=O)O.NCCC(=O)O.NCCC(=O)O. The summed E-state index contributed by atoms with van der Waals surface area (Å²) in [6.07, 6.45) is 2.63. The van der Waals surface area contributed by atoms with Crippen molar-refractivity contribution in [3.63, 3.8) is 0 Å². The van der Waals surface area contributed by atoms with Crippen molar-refractivity contribution >= 4 is 17.9 Å². The van der Waals surface area contributed by atoms with Gasteiger partial charge in [-0.05, 0) is 6.42 Å². The molecule has 0 radical (unpaired) electrons. The molecular weight excluding hydrogens is 282 g/mol. The summed E-state index contributed by atoms with van der Waals surface area (Å²) in [6, 6.07) is -0.662. The lowest BCUT2D eigenvalue weighted by Gasteiger charge is -2.02. The maximum Gasteiger partial charge on any atom is 0.320 e. The number of carboxylic acid groups (broad SMARTS) is 3.